The van der Waals surface area contributed by atoms with E-state index in [0.29, 0.717) is 32.4 Å². The summed E-state index contributed by atoms with van der Waals surface area (Å²) in [6, 6.07) is 8.36. The molecule has 152 valence electrons. The molecular weight excluding hydrogens is 361 g/mol. The van der Waals surface area contributed by atoms with Gasteiger partial charge in [0.15, 0.2) is 0 Å². The zero-order chi connectivity index (χ0) is 19.9. The van der Waals surface area contributed by atoms with Gasteiger partial charge in [-0.05, 0) is 42.5 Å². The van der Waals surface area contributed by atoms with Crippen molar-refractivity contribution in [2.45, 2.75) is 38.0 Å². The van der Waals surface area contributed by atoms with E-state index in [-0.39, 0.29) is 30.3 Å². The Balaban J connectivity index is 1.69. The number of ether oxygens (including phenoxy) is 1. The highest BCUT2D eigenvalue weighted by Gasteiger charge is 2.41. The Labute approximate surface area is 164 Å². The third kappa shape index (κ3) is 5.32. The van der Waals surface area contributed by atoms with Gasteiger partial charge in [0, 0.05) is 50.5 Å². The molecule has 3 N–H and O–H groups in total. The first-order chi connectivity index (χ1) is 13.6. The molecule has 0 amide bonds. The van der Waals surface area contributed by atoms with Crippen LogP contribution in [0.1, 0.15) is 23.5 Å². The predicted octanol–water partition coefficient (Wildman–Crippen LogP) is 1.49. The second kappa shape index (κ2) is 10.0. The first-order valence-corrected chi connectivity index (χ1v) is 9.67. The van der Waals surface area contributed by atoms with Crippen molar-refractivity contribution in [3.05, 3.63) is 59.4 Å². The average Bonchev–Trinajstić information content (AvgIpc) is 2.99. The summed E-state index contributed by atoms with van der Waals surface area (Å²) >= 11 is 0. The van der Waals surface area contributed by atoms with Crippen LogP contribution in [-0.2, 0) is 24.1 Å². The van der Waals surface area contributed by atoms with Crippen molar-refractivity contribution >= 4 is 0 Å². The number of halogens is 1. The fourth-order valence-corrected chi connectivity index (χ4v) is 3.98. The molecule has 28 heavy (non-hydrogen) atoms. The molecule has 1 fully saturated rings. The monoisotopic (exact) mass is 389 g/mol. The molecule has 0 bridgehead atoms. The second-order valence-electron chi connectivity index (χ2n) is 7.34. The fourth-order valence-electron chi connectivity index (χ4n) is 3.98. The van der Waals surface area contributed by atoms with E-state index in [1.807, 2.05) is 12.1 Å². The molecule has 1 aromatic carbocycles. The van der Waals surface area contributed by atoms with Gasteiger partial charge in [0.05, 0.1) is 12.7 Å². The third-order valence-corrected chi connectivity index (χ3v) is 5.46. The number of rotatable bonds is 9. The number of aromatic nitrogens is 2. The summed E-state index contributed by atoms with van der Waals surface area (Å²) in [5, 5.41) is 23.7. The van der Waals surface area contributed by atoms with Crippen molar-refractivity contribution in [2.75, 3.05) is 20.3 Å². The lowest BCUT2D eigenvalue weighted by Gasteiger charge is -2.25. The van der Waals surface area contributed by atoms with Crippen molar-refractivity contribution < 1.29 is 19.3 Å². The average molecular weight is 389 g/mol. The molecule has 0 unspecified atom stereocenters. The van der Waals surface area contributed by atoms with Crippen LogP contribution in [0, 0.1) is 17.7 Å². The number of nitrogens with zero attached hydrogens (tertiary/aromatic N) is 2. The zero-order valence-electron chi connectivity index (χ0n) is 16.1. The summed E-state index contributed by atoms with van der Waals surface area (Å²) in [4.78, 5) is 8.87. The Hall–Kier alpha value is -1.93. The first kappa shape index (κ1) is 20.8. The van der Waals surface area contributed by atoms with E-state index >= 15 is 0 Å². The van der Waals surface area contributed by atoms with Gasteiger partial charge < -0.3 is 20.3 Å². The fraction of sp³-hybridized carbons (Fsp3) is 0.524. The summed E-state index contributed by atoms with van der Waals surface area (Å²) in [5.74, 6) is 0.268. The molecule has 1 heterocycles. The van der Waals surface area contributed by atoms with Crippen LogP contribution in [0.3, 0.4) is 0 Å². The minimum atomic E-state index is -0.574. The van der Waals surface area contributed by atoms with Crippen molar-refractivity contribution in [1.82, 2.24) is 15.3 Å². The molecule has 0 spiro atoms. The molecule has 6 nitrogen and oxygen atoms in total. The summed E-state index contributed by atoms with van der Waals surface area (Å²) in [7, 11) is 1.64. The SMILES string of the molecule is COCCc1nccc(C[C@@H]2[C@@H](CO)[C@H](O)C[C@H]2NCc2cccc(F)c2)n1. The lowest BCUT2D eigenvalue weighted by atomic mass is 9.88. The molecule has 1 aromatic heterocycles. The molecule has 0 saturated heterocycles. The number of aliphatic hydroxyl groups excluding tert-OH is 2. The van der Waals surface area contributed by atoms with Crippen molar-refractivity contribution in [1.29, 1.82) is 0 Å². The molecule has 3 rings (SSSR count). The normalized spacial score (nSPS) is 24.6. The van der Waals surface area contributed by atoms with Gasteiger partial charge in [0.1, 0.15) is 11.6 Å². The Kier molecular flexibility index (Phi) is 7.44. The van der Waals surface area contributed by atoms with Gasteiger partial charge in [0.2, 0.25) is 0 Å². The molecule has 4 atom stereocenters. The molecule has 1 aliphatic carbocycles. The Bertz CT molecular complexity index is 761. The first-order valence-electron chi connectivity index (χ1n) is 9.67. The highest BCUT2D eigenvalue weighted by atomic mass is 19.1. The Morgan fingerprint density at radius 3 is 2.89 bits per heavy atom. The topological polar surface area (TPSA) is 87.5 Å². The van der Waals surface area contributed by atoms with Crippen molar-refractivity contribution in [2.24, 2.45) is 11.8 Å². The Morgan fingerprint density at radius 1 is 1.29 bits per heavy atom. The lowest BCUT2D eigenvalue weighted by Crippen LogP contribution is -2.36. The number of methoxy groups -OCH3 is 1. The molecular formula is C21H28FN3O3. The lowest BCUT2D eigenvalue weighted by molar-refractivity contribution is 0.0716. The molecule has 0 radical (unpaired) electrons. The molecule has 1 aliphatic rings. The van der Waals surface area contributed by atoms with E-state index in [1.165, 1.54) is 12.1 Å². The summed E-state index contributed by atoms with van der Waals surface area (Å²) in [6.45, 7) is 0.987. The van der Waals surface area contributed by atoms with Gasteiger partial charge in [0.25, 0.3) is 0 Å². The zero-order valence-corrected chi connectivity index (χ0v) is 16.1. The minimum Gasteiger partial charge on any atom is -0.396 e. The summed E-state index contributed by atoms with van der Waals surface area (Å²) in [5.41, 5.74) is 1.74. The Morgan fingerprint density at radius 2 is 2.14 bits per heavy atom. The van der Waals surface area contributed by atoms with Crippen LogP contribution in [0.25, 0.3) is 0 Å². The van der Waals surface area contributed by atoms with Crippen molar-refractivity contribution in [3.63, 3.8) is 0 Å². The van der Waals surface area contributed by atoms with Gasteiger partial charge in [-0.25, -0.2) is 14.4 Å². The van der Waals surface area contributed by atoms with Crippen LogP contribution in [-0.4, -0.2) is 52.7 Å². The maximum absolute atomic E-state index is 13.4. The van der Waals surface area contributed by atoms with E-state index in [4.69, 9.17) is 4.74 Å². The predicted molar refractivity (Wildman–Crippen MR) is 103 cm³/mol. The number of hydrogen-bond acceptors (Lipinski definition) is 6. The third-order valence-electron chi connectivity index (χ3n) is 5.46. The van der Waals surface area contributed by atoms with E-state index in [0.717, 1.165) is 17.1 Å². The van der Waals surface area contributed by atoms with E-state index in [2.05, 4.69) is 15.3 Å². The maximum atomic E-state index is 13.4. The number of nitrogens with one attached hydrogen (secondary N) is 1. The van der Waals surface area contributed by atoms with Gasteiger partial charge in [-0.15, -0.1) is 0 Å². The van der Waals surface area contributed by atoms with E-state index in [9.17, 15) is 14.6 Å². The van der Waals surface area contributed by atoms with Gasteiger partial charge in [-0.2, -0.15) is 0 Å². The van der Waals surface area contributed by atoms with Crippen LogP contribution in [0.15, 0.2) is 36.5 Å². The number of hydrogen-bond donors (Lipinski definition) is 3. The largest absolute Gasteiger partial charge is 0.396 e. The standard InChI is InChI=1S/C21H28FN3O3/c1-28-8-6-21-23-7-5-16(25-21)10-17-18(13-26)20(27)11-19(17)24-12-14-3-2-4-15(22)9-14/h2-5,7,9,17-20,24,26-27H,6,8,10-13H2,1H3/t17-,18-,19-,20-/m1/s1. The van der Waals surface area contributed by atoms with Crippen LogP contribution < -0.4 is 5.32 Å². The number of aliphatic hydroxyl groups is 2. The summed E-state index contributed by atoms with van der Waals surface area (Å²) < 4.78 is 18.5. The number of benzene rings is 1. The van der Waals surface area contributed by atoms with Crippen molar-refractivity contribution in [3.8, 4) is 0 Å². The van der Waals surface area contributed by atoms with Crippen LogP contribution in [0.5, 0.6) is 0 Å². The molecule has 0 aliphatic heterocycles. The highest BCUT2D eigenvalue weighted by Crippen LogP contribution is 2.34. The quantitative estimate of drug-likeness (QED) is 0.602. The highest BCUT2D eigenvalue weighted by molar-refractivity contribution is 5.16. The molecule has 7 heteroatoms. The maximum Gasteiger partial charge on any atom is 0.130 e. The van der Waals surface area contributed by atoms with E-state index in [1.54, 1.807) is 19.4 Å². The van der Waals surface area contributed by atoms with Gasteiger partial charge >= 0.3 is 0 Å². The van der Waals surface area contributed by atoms with Gasteiger partial charge in [-0.1, -0.05) is 12.1 Å². The van der Waals surface area contributed by atoms with Crippen LogP contribution in [0.4, 0.5) is 4.39 Å². The smallest absolute Gasteiger partial charge is 0.130 e. The summed E-state index contributed by atoms with van der Waals surface area (Å²) in [6.07, 6.45) is 2.98. The van der Waals surface area contributed by atoms with Crippen LogP contribution >= 0.6 is 0 Å². The second-order valence-corrected chi connectivity index (χ2v) is 7.34. The molecule has 1 saturated carbocycles. The minimum absolute atomic E-state index is 0.00723. The molecule has 2 aromatic rings. The van der Waals surface area contributed by atoms with E-state index < -0.39 is 6.10 Å². The van der Waals surface area contributed by atoms with Gasteiger partial charge in [-0.3, -0.25) is 0 Å². The van der Waals surface area contributed by atoms with Crippen LogP contribution in [0.2, 0.25) is 0 Å².